The van der Waals surface area contributed by atoms with Crippen LogP contribution in [0.1, 0.15) is 56.3 Å². The number of hydrogen-bond donors (Lipinski definition) is 1. The number of para-hydroxylation sites is 1. The molecule has 0 saturated carbocycles. The number of nitrogens with one attached hydrogen (secondary N) is 1. The summed E-state index contributed by atoms with van der Waals surface area (Å²) in [7, 11) is 0. The summed E-state index contributed by atoms with van der Waals surface area (Å²) in [6.45, 7) is 9.22. The topological polar surface area (TPSA) is 67.5 Å². The van der Waals surface area contributed by atoms with E-state index in [2.05, 4.69) is 28.9 Å². The van der Waals surface area contributed by atoms with Gasteiger partial charge in [0.15, 0.2) is 5.76 Å². The maximum absolute atomic E-state index is 13.3. The van der Waals surface area contributed by atoms with E-state index in [0.717, 1.165) is 41.0 Å². The summed E-state index contributed by atoms with van der Waals surface area (Å²) in [6.07, 6.45) is 2.99. The van der Waals surface area contributed by atoms with Gasteiger partial charge in [-0.3, -0.25) is 9.59 Å². The van der Waals surface area contributed by atoms with Crippen molar-refractivity contribution in [2.24, 2.45) is 0 Å². The molecule has 0 unspecified atom stereocenters. The third-order valence-electron chi connectivity index (χ3n) is 6.20. The lowest BCUT2D eigenvalue weighted by Gasteiger charge is -2.32. The number of amides is 2. The Morgan fingerprint density at radius 3 is 2.35 bits per heavy atom. The second-order valence-corrected chi connectivity index (χ2v) is 8.38. The van der Waals surface area contributed by atoms with Crippen molar-refractivity contribution in [2.45, 2.75) is 46.6 Å². The minimum Gasteiger partial charge on any atom is -0.459 e. The van der Waals surface area contributed by atoms with Gasteiger partial charge in [-0.1, -0.05) is 18.2 Å². The average Bonchev–Trinajstić information content (AvgIpc) is 3.31. The Labute approximate surface area is 182 Å². The van der Waals surface area contributed by atoms with Crippen LogP contribution in [0, 0.1) is 27.7 Å². The molecule has 1 N–H and O–H groups in total. The lowest BCUT2D eigenvalue weighted by atomic mass is 10.0. The van der Waals surface area contributed by atoms with E-state index in [1.807, 2.05) is 43.9 Å². The molecular weight excluding hydrogens is 390 g/mol. The largest absolute Gasteiger partial charge is 0.459 e. The van der Waals surface area contributed by atoms with Gasteiger partial charge in [-0.15, -0.1) is 0 Å². The van der Waals surface area contributed by atoms with E-state index in [9.17, 15) is 9.59 Å². The van der Waals surface area contributed by atoms with Crippen molar-refractivity contribution >= 4 is 11.8 Å². The van der Waals surface area contributed by atoms with Crippen molar-refractivity contribution in [2.75, 3.05) is 13.1 Å². The number of furan rings is 1. The molecule has 0 atom stereocenters. The van der Waals surface area contributed by atoms with Gasteiger partial charge in [0.1, 0.15) is 0 Å². The fourth-order valence-electron chi connectivity index (χ4n) is 4.42. The van der Waals surface area contributed by atoms with Crippen molar-refractivity contribution in [3.8, 4) is 5.69 Å². The maximum Gasteiger partial charge on any atom is 0.287 e. The van der Waals surface area contributed by atoms with Crippen LogP contribution in [0.25, 0.3) is 5.69 Å². The lowest BCUT2D eigenvalue weighted by Crippen LogP contribution is -2.46. The molecule has 0 bridgehead atoms. The van der Waals surface area contributed by atoms with E-state index in [1.165, 1.54) is 11.8 Å². The Balaban J connectivity index is 1.44. The highest BCUT2D eigenvalue weighted by Gasteiger charge is 2.28. The second kappa shape index (κ2) is 8.46. The number of hydrogen-bond acceptors (Lipinski definition) is 3. The van der Waals surface area contributed by atoms with Crippen molar-refractivity contribution < 1.29 is 14.0 Å². The summed E-state index contributed by atoms with van der Waals surface area (Å²) in [5.41, 5.74) is 5.85. The summed E-state index contributed by atoms with van der Waals surface area (Å²) in [5.74, 6) is 0.232. The van der Waals surface area contributed by atoms with E-state index in [0.29, 0.717) is 18.8 Å². The van der Waals surface area contributed by atoms with E-state index < -0.39 is 0 Å². The van der Waals surface area contributed by atoms with Crippen LogP contribution in [0.5, 0.6) is 0 Å². The molecular formula is C25H29N3O3. The zero-order chi connectivity index (χ0) is 22.1. The number of likely N-dealkylation sites (tertiary alicyclic amines) is 1. The monoisotopic (exact) mass is 419 g/mol. The van der Waals surface area contributed by atoms with Crippen molar-refractivity contribution in [3.63, 3.8) is 0 Å². The lowest BCUT2D eigenvalue weighted by molar-refractivity contribution is 0.0695. The molecule has 0 radical (unpaired) electrons. The van der Waals surface area contributed by atoms with Crippen LogP contribution in [0.15, 0.2) is 47.1 Å². The van der Waals surface area contributed by atoms with E-state index in [4.69, 9.17) is 4.42 Å². The molecule has 3 heterocycles. The number of carbonyl (C=O) groups excluding carboxylic acids is 2. The standard InChI is InChI=1S/C25H29N3O3/c1-16-7-5-6-8-22(16)28-18(3)15-21(19(28)4)25(30)27-12-9-20(10-13-27)26-24(29)23-17(2)11-14-31-23/h5-8,11,14-15,20H,9-10,12-13H2,1-4H3,(H,26,29). The summed E-state index contributed by atoms with van der Waals surface area (Å²) in [5, 5.41) is 3.04. The zero-order valence-electron chi connectivity index (χ0n) is 18.6. The van der Waals surface area contributed by atoms with Crippen LogP contribution in [-0.4, -0.2) is 40.4 Å². The number of carbonyl (C=O) groups is 2. The number of piperidine rings is 1. The smallest absolute Gasteiger partial charge is 0.287 e. The molecule has 2 amide bonds. The summed E-state index contributed by atoms with van der Waals surface area (Å²) in [4.78, 5) is 27.6. The number of aromatic nitrogens is 1. The highest BCUT2D eigenvalue weighted by atomic mass is 16.3. The Morgan fingerprint density at radius 1 is 1.00 bits per heavy atom. The first-order valence-corrected chi connectivity index (χ1v) is 10.8. The van der Waals surface area contributed by atoms with Crippen molar-refractivity contribution in [1.82, 2.24) is 14.8 Å². The SMILES string of the molecule is Cc1ccccc1-n1c(C)cc(C(=O)N2CCC(NC(=O)c3occc3C)CC2)c1C. The summed E-state index contributed by atoms with van der Waals surface area (Å²) < 4.78 is 7.43. The zero-order valence-corrected chi connectivity index (χ0v) is 18.6. The first kappa shape index (κ1) is 21.0. The molecule has 6 heteroatoms. The fourth-order valence-corrected chi connectivity index (χ4v) is 4.42. The van der Waals surface area contributed by atoms with Gasteiger partial charge < -0.3 is 19.2 Å². The van der Waals surface area contributed by atoms with Gasteiger partial charge in [-0.2, -0.15) is 0 Å². The van der Waals surface area contributed by atoms with Crippen molar-refractivity contribution in [3.05, 3.63) is 76.5 Å². The third-order valence-corrected chi connectivity index (χ3v) is 6.20. The molecule has 31 heavy (non-hydrogen) atoms. The highest BCUT2D eigenvalue weighted by Crippen LogP contribution is 2.25. The Morgan fingerprint density at radius 2 is 1.71 bits per heavy atom. The van der Waals surface area contributed by atoms with Crippen LogP contribution >= 0.6 is 0 Å². The first-order chi connectivity index (χ1) is 14.9. The molecule has 1 aliphatic heterocycles. The van der Waals surface area contributed by atoms with E-state index in [-0.39, 0.29) is 17.9 Å². The van der Waals surface area contributed by atoms with Gasteiger partial charge in [0, 0.05) is 41.8 Å². The van der Waals surface area contributed by atoms with Gasteiger partial charge in [0.05, 0.1) is 11.8 Å². The van der Waals surface area contributed by atoms with Gasteiger partial charge in [-0.05, 0) is 64.3 Å². The van der Waals surface area contributed by atoms with Gasteiger partial charge in [0.25, 0.3) is 11.8 Å². The fraction of sp³-hybridized carbons (Fsp3) is 0.360. The van der Waals surface area contributed by atoms with Crippen molar-refractivity contribution in [1.29, 1.82) is 0 Å². The quantitative estimate of drug-likeness (QED) is 0.684. The predicted molar refractivity (Wildman–Crippen MR) is 120 cm³/mol. The molecule has 2 aromatic heterocycles. The highest BCUT2D eigenvalue weighted by molar-refractivity contribution is 5.96. The van der Waals surface area contributed by atoms with Gasteiger partial charge in [0.2, 0.25) is 0 Å². The van der Waals surface area contributed by atoms with E-state index in [1.54, 1.807) is 6.07 Å². The molecule has 6 nitrogen and oxygen atoms in total. The molecule has 162 valence electrons. The summed E-state index contributed by atoms with van der Waals surface area (Å²) >= 11 is 0. The Hall–Kier alpha value is -3.28. The van der Waals surface area contributed by atoms with Crippen LogP contribution in [0.3, 0.4) is 0 Å². The molecule has 1 fully saturated rings. The maximum atomic E-state index is 13.3. The van der Waals surface area contributed by atoms with Crippen LogP contribution in [0.4, 0.5) is 0 Å². The molecule has 0 spiro atoms. The molecule has 1 aliphatic rings. The number of rotatable bonds is 4. The van der Waals surface area contributed by atoms with E-state index >= 15 is 0 Å². The molecule has 3 aromatic rings. The second-order valence-electron chi connectivity index (χ2n) is 8.38. The van der Waals surface area contributed by atoms with Crippen LogP contribution in [0.2, 0.25) is 0 Å². The minimum absolute atomic E-state index is 0.0421. The normalized spacial score (nSPS) is 14.6. The Bertz CT molecular complexity index is 1120. The molecule has 0 aliphatic carbocycles. The molecule has 1 aromatic carbocycles. The van der Waals surface area contributed by atoms with Crippen LogP contribution < -0.4 is 5.32 Å². The number of aryl methyl sites for hydroxylation is 3. The Kier molecular flexibility index (Phi) is 5.72. The van der Waals surface area contributed by atoms with Crippen LogP contribution in [-0.2, 0) is 0 Å². The molecule has 1 saturated heterocycles. The first-order valence-electron chi connectivity index (χ1n) is 10.8. The third kappa shape index (κ3) is 4.02. The van der Waals surface area contributed by atoms with Gasteiger partial charge >= 0.3 is 0 Å². The summed E-state index contributed by atoms with van der Waals surface area (Å²) in [6, 6.07) is 12.0. The number of benzene rings is 1. The number of nitrogens with zero attached hydrogens (tertiary/aromatic N) is 2. The van der Waals surface area contributed by atoms with Gasteiger partial charge in [-0.25, -0.2) is 0 Å². The molecule has 4 rings (SSSR count). The minimum atomic E-state index is -0.186. The predicted octanol–water partition coefficient (Wildman–Crippen LogP) is 4.34. The average molecular weight is 420 g/mol.